The Morgan fingerprint density at radius 3 is 2.09 bits per heavy atom. The van der Waals surface area contributed by atoms with Gasteiger partial charge < -0.3 is 10.2 Å². The number of anilines is 1. The summed E-state index contributed by atoms with van der Waals surface area (Å²) in [4.78, 5) is 29.1. The van der Waals surface area contributed by atoms with E-state index in [0.29, 0.717) is 17.7 Å². The molecule has 4 aromatic rings. The van der Waals surface area contributed by atoms with Crippen LogP contribution >= 0.6 is 0 Å². The Morgan fingerprint density at radius 1 is 0.837 bits per heavy atom. The van der Waals surface area contributed by atoms with Gasteiger partial charge in [0.1, 0.15) is 18.4 Å². The van der Waals surface area contributed by atoms with Crippen LogP contribution in [0.15, 0.2) is 108 Å². The van der Waals surface area contributed by atoms with Crippen molar-refractivity contribution in [1.29, 1.82) is 0 Å². The molecule has 9 heteroatoms. The molecule has 0 radical (unpaired) electrons. The van der Waals surface area contributed by atoms with Crippen molar-refractivity contribution in [1.82, 2.24) is 10.2 Å². The van der Waals surface area contributed by atoms with Crippen LogP contribution in [0, 0.1) is 12.7 Å². The van der Waals surface area contributed by atoms with Crippen molar-refractivity contribution in [3.63, 3.8) is 0 Å². The van der Waals surface area contributed by atoms with Crippen molar-refractivity contribution in [2.45, 2.75) is 44.2 Å². The van der Waals surface area contributed by atoms with E-state index in [-0.39, 0.29) is 17.9 Å². The van der Waals surface area contributed by atoms with Crippen LogP contribution in [-0.4, -0.2) is 44.8 Å². The third-order valence-corrected chi connectivity index (χ3v) is 9.09. The van der Waals surface area contributed by atoms with Gasteiger partial charge in [0.2, 0.25) is 11.8 Å². The van der Waals surface area contributed by atoms with Crippen molar-refractivity contribution in [3.8, 4) is 0 Å². The molecule has 1 atom stereocenters. The van der Waals surface area contributed by atoms with Crippen molar-refractivity contribution >= 4 is 27.5 Å². The van der Waals surface area contributed by atoms with Crippen LogP contribution in [0.1, 0.15) is 29.2 Å². The van der Waals surface area contributed by atoms with Gasteiger partial charge in [-0.05, 0) is 60.4 Å². The maximum absolute atomic E-state index is 14.3. The molecule has 4 rings (SSSR count). The van der Waals surface area contributed by atoms with Crippen LogP contribution in [-0.2, 0) is 39.0 Å². The molecular formula is C34H36FN3O4S. The van der Waals surface area contributed by atoms with Crippen molar-refractivity contribution in [3.05, 3.63) is 131 Å². The number of rotatable bonds is 12. The topological polar surface area (TPSA) is 86.8 Å². The fourth-order valence-corrected chi connectivity index (χ4v) is 6.36. The molecule has 0 saturated heterocycles. The highest BCUT2D eigenvalue weighted by molar-refractivity contribution is 7.92. The lowest BCUT2D eigenvalue weighted by Gasteiger charge is -2.34. The molecule has 2 amide bonds. The highest BCUT2D eigenvalue weighted by Gasteiger charge is 2.34. The van der Waals surface area contributed by atoms with Gasteiger partial charge in [-0.2, -0.15) is 0 Å². The smallest absolute Gasteiger partial charge is 0.264 e. The minimum atomic E-state index is -4.19. The largest absolute Gasteiger partial charge is 0.357 e. The lowest BCUT2D eigenvalue weighted by Crippen LogP contribution is -2.53. The molecule has 1 unspecified atom stereocenters. The van der Waals surface area contributed by atoms with Gasteiger partial charge >= 0.3 is 0 Å². The summed E-state index contributed by atoms with van der Waals surface area (Å²) in [5.41, 5.74) is 3.46. The third kappa shape index (κ3) is 7.67. The molecule has 224 valence electrons. The first kappa shape index (κ1) is 31.4. The molecule has 43 heavy (non-hydrogen) atoms. The fraction of sp³-hybridized carbons (Fsp3) is 0.235. The molecule has 1 N–H and O–H groups in total. The van der Waals surface area contributed by atoms with Crippen molar-refractivity contribution < 1.29 is 22.4 Å². The summed E-state index contributed by atoms with van der Waals surface area (Å²) in [6.07, 6.45) is 0.738. The molecule has 0 aromatic heterocycles. The number of hydrogen-bond donors (Lipinski definition) is 1. The predicted octanol–water partition coefficient (Wildman–Crippen LogP) is 5.28. The van der Waals surface area contributed by atoms with Gasteiger partial charge in [0, 0.05) is 20.0 Å². The van der Waals surface area contributed by atoms with Gasteiger partial charge in [0.25, 0.3) is 10.0 Å². The van der Waals surface area contributed by atoms with E-state index < -0.39 is 40.2 Å². The standard InChI is InChI=1S/C34H36FN3O4S/c1-4-28-12-8-9-13-31(28)38(43(41,42)30-20-14-25(2)15-21-30)24-33(39)37(23-27-16-18-29(35)19-17-27)32(34(40)36-3)22-26-10-6-5-7-11-26/h5-21,32H,4,22-24H2,1-3H3,(H,36,40). The summed E-state index contributed by atoms with van der Waals surface area (Å²) in [6, 6.07) is 27.5. The number of para-hydroxylation sites is 1. The second-order valence-corrected chi connectivity index (χ2v) is 12.1. The minimum absolute atomic E-state index is 0.0299. The highest BCUT2D eigenvalue weighted by Crippen LogP contribution is 2.28. The number of carbonyl (C=O) groups is 2. The van der Waals surface area contributed by atoms with E-state index in [4.69, 9.17) is 0 Å². The quantitative estimate of drug-likeness (QED) is 0.240. The lowest BCUT2D eigenvalue weighted by molar-refractivity contribution is -0.139. The zero-order chi connectivity index (χ0) is 31.0. The van der Waals surface area contributed by atoms with Gasteiger partial charge in [0.05, 0.1) is 10.6 Å². The summed E-state index contributed by atoms with van der Waals surface area (Å²) in [5, 5.41) is 2.66. The van der Waals surface area contributed by atoms with E-state index >= 15 is 0 Å². The Morgan fingerprint density at radius 2 is 1.47 bits per heavy atom. The highest BCUT2D eigenvalue weighted by atomic mass is 32.2. The Kier molecular flexibility index (Phi) is 10.3. The Labute approximate surface area is 253 Å². The molecule has 7 nitrogen and oxygen atoms in total. The third-order valence-electron chi connectivity index (χ3n) is 7.31. The molecule has 4 aromatic carbocycles. The average Bonchev–Trinajstić information content (AvgIpc) is 3.02. The van der Waals surface area contributed by atoms with Crippen LogP contribution < -0.4 is 9.62 Å². The summed E-state index contributed by atoms with van der Waals surface area (Å²) in [5.74, 6) is -1.41. The second-order valence-electron chi connectivity index (χ2n) is 10.3. The Hall–Kier alpha value is -4.50. The first-order valence-electron chi connectivity index (χ1n) is 14.1. The number of nitrogens with one attached hydrogen (secondary N) is 1. The zero-order valence-corrected chi connectivity index (χ0v) is 25.4. The zero-order valence-electron chi connectivity index (χ0n) is 24.5. The Bertz CT molecular complexity index is 1640. The van der Waals surface area contributed by atoms with Crippen LogP contribution in [0.2, 0.25) is 0 Å². The second kappa shape index (κ2) is 14.1. The number of amides is 2. The minimum Gasteiger partial charge on any atom is -0.357 e. The van der Waals surface area contributed by atoms with Crippen molar-refractivity contribution in [2.24, 2.45) is 0 Å². The number of benzene rings is 4. The number of halogens is 1. The summed E-state index contributed by atoms with van der Waals surface area (Å²) < 4.78 is 43.2. The predicted molar refractivity (Wildman–Crippen MR) is 166 cm³/mol. The van der Waals surface area contributed by atoms with Crippen molar-refractivity contribution in [2.75, 3.05) is 17.9 Å². The maximum Gasteiger partial charge on any atom is 0.264 e. The first-order chi connectivity index (χ1) is 20.6. The number of sulfonamides is 1. The first-order valence-corrected chi connectivity index (χ1v) is 15.5. The summed E-state index contributed by atoms with van der Waals surface area (Å²) in [6.45, 7) is 3.21. The molecule has 0 aliphatic rings. The van der Waals surface area contributed by atoms with Gasteiger partial charge in [-0.25, -0.2) is 12.8 Å². The van der Waals surface area contributed by atoms with E-state index in [1.165, 1.54) is 36.2 Å². The Balaban J connectivity index is 1.81. The summed E-state index contributed by atoms with van der Waals surface area (Å²) >= 11 is 0. The van der Waals surface area contributed by atoms with Crippen LogP contribution in [0.25, 0.3) is 0 Å². The molecule has 0 bridgehead atoms. The molecule has 0 aliphatic heterocycles. The maximum atomic E-state index is 14.3. The van der Waals surface area contributed by atoms with E-state index in [2.05, 4.69) is 5.32 Å². The average molecular weight is 602 g/mol. The van der Waals surface area contributed by atoms with Crippen LogP contribution in [0.4, 0.5) is 10.1 Å². The number of carbonyl (C=O) groups excluding carboxylic acids is 2. The monoisotopic (exact) mass is 601 g/mol. The molecule has 0 heterocycles. The van der Waals surface area contributed by atoms with E-state index in [0.717, 1.165) is 21.0 Å². The van der Waals surface area contributed by atoms with Gasteiger partial charge in [-0.15, -0.1) is 0 Å². The molecule has 0 fully saturated rings. The van der Waals surface area contributed by atoms with E-state index in [1.807, 2.05) is 56.3 Å². The van der Waals surface area contributed by atoms with Gasteiger partial charge in [0.15, 0.2) is 0 Å². The number of aryl methyl sites for hydroxylation is 2. The molecule has 0 saturated carbocycles. The summed E-state index contributed by atoms with van der Waals surface area (Å²) in [7, 11) is -2.69. The molecule has 0 aliphatic carbocycles. The van der Waals surface area contributed by atoms with E-state index in [9.17, 15) is 22.4 Å². The lowest BCUT2D eigenvalue weighted by atomic mass is 10.0. The molecule has 0 spiro atoms. The number of hydrogen-bond acceptors (Lipinski definition) is 4. The van der Waals surface area contributed by atoms with Gasteiger partial charge in [-0.1, -0.05) is 85.3 Å². The van der Waals surface area contributed by atoms with E-state index in [1.54, 1.807) is 36.4 Å². The fourth-order valence-electron chi connectivity index (χ4n) is 4.91. The number of likely N-dealkylation sites (N-methyl/N-ethyl adjacent to an activating group) is 1. The van der Waals surface area contributed by atoms with Gasteiger partial charge in [-0.3, -0.25) is 13.9 Å². The SMILES string of the molecule is CCc1ccccc1N(CC(=O)N(Cc1ccc(F)cc1)C(Cc1ccccc1)C(=O)NC)S(=O)(=O)c1ccc(C)cc1. The van der Waals surface area contributed by atoms with Crippen LogP contribution in [0.5, 0.6) is 0 Å². The number of nitrogens with zero attached hydrogens (tertiary/aromatic N) is 2. The normalized spacial score (nSPS) is 11.9. The molecular weight excluding hydrogens is 565 g/mol. The van der Waals surface area contributed by atoms with Crippen LogP contribution in [0.3, 0.4) is 0 Å².